The lowest BCUT2D eigenvalue weighted by molar-refractivity contribution is 0.0692. The molecule has 0 aromatic carbocycles. The maximum Gasteiger partial charge on any atom is 0.360 e. The topological polar surface area (TPSA) is 101 Å². The third kappa shape index (κ3) is 2.26. The second kappa shape index (κ2) is 4.42. The first-order valence-electron chi connectivity index (χ1n) is 5.43. The predicted octanol–water partition coefficient (Wildman–Crippen LogP) is 1.70. The van der Waals surface area contributed by atoms with Crippen LogP contribution in [0, 0.1) is 0 Å². The molecule has 0 saturated heterocycles. The zero-order valence-electron chi connectivity index (χ0n) is 8.90. The van der Waals surface area contributed by atoms with Crippen LogP contribution in [0.25, 0.3) is 0 Å². The van der Waals surface area contributed by atoms with E-state index in [4.69, 9.17) is 15.3 Å². The predicted molar refractivity (Wildman–Crippen MR) is 58.4 cm³/mol. The molecule has 0 radical (unpaired) electrons. The number of nitrogens with zero attached hydrogens (tertiary/aromatic N) is 1. The lowest BCUT2D eigenvalue weighted by Gasteiger charge is -2.22. The minimum absolute atomic E-state index is 0.115. The summed E-state index contributed by atoms with van der Waals surface area (Å²) < 4.78 is 5.05. The van der Waals surface area contributed by atoms with E-state index < -0.39 is 5.97 Å². The summed E-state index contributed by atoms with van der Waals surface area (Å²) in [5, 5.41) is 12.0. The van der Waals surface area contributed by atoms with E-state index in [2.05, 4.69) is 10.3 Å². The third-order valence-corrected chi connectivity index (χ3v) is 2.79. The Morgan fingerprint density at radius 3 is 2.75 bits per heavy atom. The summed E-state index contributed by atoms with van der Waals surface area (Å²) in [7, 11) is 0. The smallest absolute Gasteiger partial charge is 0.360 e. The third-order valence-electron chi connectivity index (χ3n) is 2.79. The molecular weight excluding hydrogens is 210 g/mol. The van der Waals surface area contributed by atoms with Gasteiger partial charge in [0.15, 0.2) is 0 Å². The monoisotopic (exact) mass is 225 g/mol. The molecule has 0 bridgehead atoms. The lowest BCUT2D eigenvalue weighted by atomic mass is 9.95. The molecule has 1 aliphatic rings. The number of nitrogens with one attached hydrogen (secondary N) is 1. The van der Waals surface area contributed by atoms with Gasteiger partial charge in [-0.25, -0.2) is 4.79 Å². The number of aromatic carboxylic acids is 1. The number of rotatable bonds is 3. The van der Waals surface area contributed by atoms with Gasteiger partial charge in [0, 0.05) is 6.04 Å². The first-order chi connectivity index (χ1) is 7.66. The van der Waals surface area contributed by atoms with Crippen molar-refractivity contribution < 1.29 is 14.3 Å². The molecule has 1 aromatic rings. The van der Waals surface area contributed by atoms with Gasteiger partial charge in [0.05, 0.1) is 0 Å². The van der Waals surface area contributed by atoms with Crippen molar-refractivity contribution in [3.8, 4) is 0 Å². The molecule has 6 heteroatoms. The van der Waals surface area contributed by atoms with E-state index in [9.17, 15) is 4.79 Å². The van der Waals surface area contributed by atoms with Crippen LogP contribution in [-0.2, 0) is 0 Å². The summed E-state index contributed by atoms with van der Waals surface area (Å²) in [6.45, 7) is 0. The van der Waals surface area contributed by atoms with Crippen LogP contribution in [0.5, 0.6) is 0 Å². The molecular formula is C10H15N3O3. The first-order valence-corrected chi connectivity index (χ1v) is 5.43. The normalized spacial score (nSPS) is 17.2. The molecule has 4 N–H and O–H groups in total. The van der Waals surface area contributed by atoms with E-state index in [1.807, 2.05) is 0 Å². The Morgan fingerprint density at radius 2 is 2.12 bits per heavy atom. The van der Waals surface area contributed by atoms with Gasteiger partial charge in [-0.05, 0) is 12.8 Å². The fraction of sp³-hybridized carbons (Fsp3) is 0.600. The molecule has 16 heavy (non-hydrogen) atoms. The van der Waals surface area contributed by atoms with Crippen molar-refractivity contribution in [3.05, 3.63) is 5.69 Å². The molecule has 2 rings (SSSR count). The molecule has 1 aliphatic carbocycles. The van der Waals surface area contributed by atoms with Gasteiger partial charge in [0.25, 0.3) is 6.01 Å². The van der Waals surface area contributed by atoms with Gasteiger partial charge in [0.1, 0.15) is 0 Å². The van der Waals surface area contributed by atoms with Crippen molar-refractivity contribution in [3.63, 3.8) is 0 Å². The summed E-state index contributed by atoms with van der Waals surface area (Å²) in [5.74, 6) is -0.948. The fourth-order valence-electron chi connectivity index (χ4n) is 2.01. The average molecular weight is 225 g/mol. The first kappa shape index (κ1) is 10.8. The summed E-state index contributed by atoms with van der Waals surface area (Å²) in [4.78, 5) is 14.5. The minimum atomic E-state index is -1.13. The van der Waals surface area contributed by atoms with Crippen molar-refractivity contribution in [1.29, 1.82) is 0 Å². The van der Waals surface area contributed by atoms with Crippen LogP contribution in [0.2, 0.25) is 0 Å². The SMILES string of the molecule is Nc1nc(C(=O)O)c(NC2CCCCC2)o1. The van der Waals surface area contributed by atoms with Gasteiger partial charge in [-0.3, -0.25) is 0 Å². The second-order valence-corrected chi connectivity index (χ2v) is 4.01. The highest BCUT2D eigenvalue weighted by Crippen LogP contribution is 2.25. The number of nitrogens with two attached hydrogens (primary N) is 1. The molecule has 0 spiro atoms. The zero-order valence-corrected chi connectivity index (χ0v) is 8.90. The van der Waals surface area contributed by atoms with Gasteiger partial charge in [-0.2, -0.15) is 4.98 Å². The highest BCUT2D eigenvalue weighted by Gasteiger charge is 2.22. The number of carboxylic acids is 1. The maximum absolute atomic E-state index is 10.9. The molecule has 88 valence electrons. The number of hydrogen-bond donors (Lipinski definition) is 3. The van der Waals surface area contributed by atoms with Crippen LogP contribution in [0.4, 0.5) is 11.9 Å². The van der Waals surface area contributed by atoms with Crippen molar-refractivity contribution >= 4 is 17.9 Å². The van der Waals surface area contributed by atoms with Crippen molar-refractivity contribution in [2.75, 3.05) is 11.1 Å². The van der Waals surface area contributed by atoms with Crippen LogP contribution < -0.4 is 11.1 Å². The van der Waals surface area contributed by atoms with E-state index >= 15 is 0 Å². The maximum atomic E-state index is 10.9. The van der Waals surface area contributed by atoms with Crippen molar-refractivity contribution in [1.82, 2.24) is 4.98 Å². The number of carboxylic acid groups (broad SMARTS) is 1. The standard InChI is InChI=1S/C10H15N3O3/c11-10-13-7(9(14)15)8(16-10)12-6-4-2-1-3-5-6/h6,12H,1-5H2,(H2,11,13)(H,14,15). The number of carbonyl (C=O) groups is 1. The quantitative estimate of drug-likeness (QED) is 0.723. The number of nitrogen functional groups attached to an aromatic ring is 1. The Hall–Kier alpha value is -1.72. The molecule has 0 unspecified atom stereocenters. The molecule has 1 saturated carbocycles. The van der Waals surface area contributed by atoms with E-state index in [1.165, 1.54) is 6.42 Å². The highest BCUT2D eigenvalue weighted by molar-refractivity contribution is 5.91. The van der Waals surface area contributed by atoms with Gasteiger partial charge in [-0.1, -0.05) is 19.3 Å². The molecule has 0 aliphatic heterocycles. The fourth-order valence-corrected chi connectivity index (χ4v) is 2.01. The van der Waals surface area contributed by atoms with Crippen LogP contribution in [0.15, 0.2) is 4.42 Å². The summed E-state index contributed by atoms with van der Waals surface area (Å²) in [5.41, 5.74) is 5.21. The Balaban J connectivity index is 2.10. The van der Waals surface area contributed by atoms with E-state index in [1.54, 1.807) is 0 Å². The Morgan fingerprint density at radius 1 is 1.44 bits per heavy atom. The Bertz CT molecular complexity index is 383. The summed E-state index contributed by atoms with van der Waals surface area (Å²) >= 11 is 0. The Kier molecular flexibility index (Phi) is 2.98. The molecule has 1 fully saturated rings. The second-order valence-electron chi connectivity index (χ2n) is 4.01. The van der Waals surface area contributed by atoms with E-state index in [0.29, 0.717) is 0 Å². The summed E-state index contributed by atoms with van der Waals surface area (Å²) in [6.07, 6.45) is 5.61. The number of oxazole rings is 1. The molecule has 0 atom stereocenters. The zero-order chi connectivity index (χ0) is 11.5. The van der Waals surface area contributed by atoms with Gasteiger partial charge < -0.3 is 20.6 Å². The van der Waals surface area contributed by atoms with Crippen LogP contribution in [0.1, 0.15) is 42.6 Å². The van der Waals surface area contributed by atoms with Crippen LogP contribution in [-0.4, -0.2) is 22.1 Å². The van der Waals surface area contributed by atoms with Crippen LogP contribution in [0.3, 0.4) is 0 Å². The molecule has 1 aromatic heterocycles. The number of hydrogen-bond acceptors (Lipinski definition) is 5. The average Bonchev–Trinajstić information content (AvgIpc) is 2.61. The van der Waals surface area contributed by atoms with Crippen molar-refractivity contribution in [2.24, 2.45) is 0 Å². The minimum Gasteiger partial charge on any atom is -0.476 e. The largest absolute Gasteiger partial charge is 0.476 e. The van der Waals surface area contributed by atoms with E-state index in [-0.39, 0.29) is 23.6 Å². The highest BCUT2D eigenvalue weighted by atomic mass is 16.4. The van der Waals surface area contributed by atoms with Gasteiger partial charge in [-0.15, -0.1) is 0 Å². The van der Waals surface area contributed by atoms with Gasteiger partial charge >= 0.3 is 5.97 Å². The van der Waals surface area contributed by atoms with Crippen LogP contribution >= 0.6 is 0 Å². The van der Waals surface area contributed by atoms with Gasteiger partial charge in [0.2, 0.25) is 11.6 Å². The number of anilines is 2. The number of aromatic nitrogens is 1. The molecule has 1 heterocycles. The molecule has 0 amide bonds. The molecule has 6 nitrogen and oxygen atoms in total. The van der Waals surface area contributed by atoms with E-state index in [0.717, 1.165) is 25.7 Å². The Labute approximate surface area is 92.8 Å². The lowest BCUT2D eigenvalue weighted by Crippen LogP contribution is -2.23. The summed E-state index contributed by atoms with van der Waals surface area (Å²) in [6, 6.07) is 0.148. The van der Waals surface area contributed by atoms with Crippen molar-refractivity contribution in [2.45, 2.75) is 38.1 Å².